The molecule has 0 N–H and O–H groups in total. The van der Waals surface area contributed by atoms with E-state index in [4.69, 9.17) is 0 Å². The number of rotatable bonds is 6. The van der Waals surface area contributed by atoms with Gasteiger partial charge in [-0.05, 0) is 24.3 Å². The maximum atomic E-state index is 13.1. The molecule has 2 unspecified atom stereocenters. The molecule has 3 nitrogen and oxygen atoms in total. The molecule has 0 bridgehead atoms. The topological polar surface area (TPSA) is 33.2 Å². The summed E-state index contributed by atoms with van der Waals surface area (Å²) in [7, 11) is -1.14. The Labute approximate surface area is 145 Å². The molecule has 124 valence electrons. The monoisotopic (exact) mass is 348 g/mol. The lowest BCUT2D eigenvalue weighted by Crippen LogP contribution is -2.40. The lowest BCUT2D eigenvalue weighted by atomic mass is 9.94. The fourth-order valence-electron chi connectivity index (χ4n) is 3.27. The van der Waals surface area contributed by atoms with Gasteiger partial charge in [-0.2, -0.15) is 0 Å². The van der Waals surface area contributed by atoms with Crippen LogP contribution in [0.15, 0.2) is 46.2 Å². The van der Waals surface area contributed by atoms with E-state index >= 15 is 0 Å². The molecule has 1 saturated carbocycles. The van der Waals surface area contributed by atoms with Crippen LogP contribution in [0.5, 0.6) is 0 Å². The summed E-state index contributed by atoms with van der Waals surface area (Å²) in [5.74, 6) is 0.363. The first-order valence-corrected chi connectivity index (χ1v) is 10.4. The van der Waals surface area contributed by atoms with Crippen molar-refractivity contribution in [3.8, 4) is 0 Å². The lowest BCUT2D eigenvalue weighted by Gasteiger charge is -2.34. The summed E-state index contributed by atoms with van der Waals surface area (Å²) >= 11 is 1.49. The van der Waals surface area contributed by atoms with Gasteiger partial charge in [-0.1, -0.05) is 56.5 Å². The van der Waals surface area contributed by atoms with Crippen LogP contribution in [0.1, 0.15) is 50.5 Å². The lowest BCUT2D eigenvalue weighted by molar-refractivity contribution is 0.255. The number of nitrogens with zero attached hydrogens (tertiary/aromatic N) is 2. The second kappa shape index (κ2) is 8.18. The second-order valence-electron chi connectivity index (χ2n) is 6.25. The van der Waals surface area contributed by atoms with Crippen molar-refractivity contribution in [2.45, 2.75) is 55.3 Å². The van der Waals surface area contributed by atoms with E-state index < -0.39 is 11.0 Å². The van der Waals surface area contributed by atoms with E-state index in [9.17, 15) is 4.21 Å². The zero-order valence-corrected chi connectivity index (χ0v) is 15.2. The van der Waals surface area contributed by atoms with Gasteiger partial charge in [0.25, 0.3) is 0 Å². The highest BCUT2D eigenvalue weighted by Crippen LogP contribution is 2.29. The van der Waals surface area contributed by atoms with Gasteiger partial charge in [-0.15, -0.1) is 11.3 Å². The third-order valence-corrected chi connectivity index (χ3v) is 7.14. The van der Waals surface area contributed by atoms with E-state index in [1.165, 1.54) is 36.2 Å². The average molecular weight is 349 g/mol. The van der Waals surface area contributed by atoms with Crippen LogP contribution in [0.3, 0.4) is 0 Å². The Morgan fingerprint density at radius 1 is 1.26 bits per heavy atom. The van der Waals surface area contributed by atoms with Crippen molar-refractivity contribution in [1.82, 2.24) is 9.29 Å². The molecule has 0 amide bonds. The number of aromatic nitrogens is 1. The van der Waals surface area contributed by atoms with E-state index in [0.717, 1.165) is 23.7 Å². The molecule has 0 saturated heterocycles. The van der Waals surface area contributed by atoms with Crippen molar-refractivity contribution in [2.24, 2.45) is 0 Å². The van der Waals surface area contributed by atoms with Crippen LogP contribution >= 0.6 is 11.3 Å². The van der Waals surface area contributed by atoms with Crippen molar-refractivity contribution in [3.05, 3.63) is 47.5 Å². The average Bonchev–Trinajstić information content (AvgIpc) is 3.15. The first-order valence-electron chi connectivity index (χ1n) is 8.38. The molecule has 2 aromatic rings. The minimum absolute atomic E-state index is 0.363. The zero-order chi connectivity index (χ0) is 16.1. The highest BCUT2D eigenvalue weighted by atomic mass is 32.2. The molecule has 1 aliphatic rings. The maximum Gasteiger partial charge on any atom is 0.196 e. The van der Waals surface area contributed by atoms with Crippen molar-refractivity contribution in [3.63, 3.8) is 0 Å². The molecule has 1 heterocycles. The quantitative estimate of drug-likeness (QED) is 0.764. The molecular weight excluding hydrogens is 324 g/mol. The minimum atomic E-state index is -1.14. The van der Waals surface area contributed by atoms with Crippen LogP contribution in [-0.4, -0.2) is 26.1 Å². The Morgan fingerprint density at radius 3 is 2.65 bits per heavy atom. The summed E-state index contributed by atoms with van der Waals surface area (Å²) in [6, 6.07) is 10.9. The molecule has 2 atom stereocenters. The summed E-state index contributed by atoms with van der Waals surface area (Å²) in [5.41, 5.74) is 1.31. The standard InChI is InChI=1S/C18H24N2OS2/c1-15(16-8-4-2-5-9-16)14-20(17-10-6-3-7-11-17)23(21)18-19-12-13-22-18/h2,4-5,8-9,12-13,15,17H,3,6-7,10-11,14H2,1H3. The summed E-state index contributed by atoms with van der Waals surface area (Å²) in [4.78, 5) is 4.29. The van der Waals surface area contributed by atoms with Gasteiger partial charge in [-0.25, -0.2) is 13.5 Å². The Hall–Kier alpha value is -1.04. The van der Waals surface area contributed by atoms with Crippen LogP contribution < -0.4 is 0 Å². The van der Waals surface area contributed by atoms with Gasteiger partial charge in [-0.3, -0.25) is 0 Å². The molecular formula is C18H24N2OS2. The molecule has 5 heteroatoms. The molecule has 1 aliphatic carbocycles. The van der Waals surface area contributed by atoms with E-state index in [1.54, 1.807) is 6.20 Å². The van der Waals surface area contributed by atoms with Crippen molar-refractivity contribution >= 4 is 22.3 Å². The van der Waals surface area contributed by atoms with Gasteiger partial charge in [0.2, 0.25) is 0 Å². The largest absolute Gasteiger partial charge is 0.235 e. The smallest absolute Gasteiger partial charge is 0.196 e. The van der Waals surface area contributed by atoms with Gasteiger partial charge in [0.05, 0.1) is 0 Å². The molecule has 1 aromatic heterocycles. The van der Waals surface area contributed by atoms with Gasteiger partial charge >= 0.3 is 0 Å². The fourth-order valence-corrected chi connectivity index (χ4v) is 5.61. The van der Waals surface area contributed by atoms with Crippen molar-refractivity contribution in [2.75, 3.05) is 6.54 Å². The molecule has 0 aliphatic heterocycles. The van der Waals surface area contributed by atoms with Gasteiger partial charge in [0.15, 0.2) is 15.3 Å². The van der Waals surface area contributed by atoms with Crippen LogP contribution in [0.25, 0.3) is 0 Å². The second-order valence-corrected chi connectivity index (χ2v) is 8.76. The first-order chi connectivity index (χ1) is 11.3. The third-order valence-electron chi connectivity index (χ3n) is 4.58. The Balaban J connectivity index is 1.78. The molecule has 3 rings (SSSR count). The van der Waals surface area contributed by atoms with E-state index in [2.05, 4.69) is 40.5 Å². The van der Waals surface area contributed by atoms with Crippen LogP contribution in [-0.2, 0) is 11.0 Å². The predicted molar refractivity (Wildman–Crippen MR) is 97.0 cm³/mol. The van der Waals surface area contributed by atoms with Gasteiger partial charge < -0.3 is 0 Å². The minimum Gasteiger partial charge on any atom is -0.235 e. The normalized spacial score (nSPS) is 18.9. The summed E-state index contributed by atoms with van der Waals surface area (Å²) < 4.78 is 16.0. The van der Waals surface area contributed by atoms with Gasteiger partial charge in [0, 0.05) is 24.2 Å². The first kappa shape index (κ1) is 16.8. The molecule has 1 aromatic carbocycles. The maximum absolute atomic E-state index is 13.1. The number of thiazole rings is 1. The van der Waals surface area contributed by atoms with E-state index in [1.807, 2.05) is 11.4 Å². The van der Waals surface area contributed by atoms with Crippen LogP contribution in [0.2, 0.25) is 0 Å². The Kier molecular flexibility index (Phi) is 5.97. The van der Waals surface area contributed by atoms with Crippen LogP contribution in [0.4, 0.5) is 0 Å². The number of benzene rings is 1. The Bertz CT molecular complexity index is 609. The van der Waals surface area contributed by atoms with E-state index in [0.29, 0.717) is 12.0 Å². The Morgan fingerprint density at radius 2 is 2.00 bits per heavy atom. The molecule has 0 radical (unpaired) electrons. The number of hydrogen-bond donors (Lipinski definition) is 0. The predicted octanol–water partition coefficient (Wildman–Crippen LogP) is 4.60. The molecule has 23 heavy (non-hydrogen) atoms. The summed E-state index contributed by atoms with van der Waals surface area (Å²) in [6.07, 6.45) is 7.85. The molecule has 0 spiro atoms. The van der Waals surface area contributed by atoms with Crippen molar-refractivity contribution < 1.29 is 4.21 Å². The van der Waals surface area contributed by atoms with Gasteiger partial charge in [0.1, 0.15) is 0 Å². The SMILES string of the molecule is CC(CN(C1CCCCC1)S(=O)c1nccs1)c1ccccc1. The summed E-state index contributed by atoms with van der Waals surface area (Å²) in [6.45, 7) is 3.05. The zero-order valence-electron chi connectivity index (χ0n) is 13.6. The van der Waals surface area contributed by atoms with Crippen LogP contribution in [0, 0.1) is 0 Å². The fraction of sp³-hybridized carbons (Fsp3) is 0.500. The van der Waals surface area contributed by atoms with E-state index in [-0.39, 0.29) is 0 Å². The number of hydrogen-bond acceptors (Lipinski definition) is 3. The molecule has 1 fully saturated rings. The third kappa shape index (κ3) is 4.28. The van der Waals surface area contributed by atoms with Crippen molar-refractivity contribution in [1.29, 1.82) is 0 Å². The summed E-state index contributed by atoms with van der Waals surface area (Å²) in [5, 5.41) is 1.91. The highest BCUT2D eigenvalue weighted by Gasteiger charge is 2.29. The highest BCUT2D eigenvalue weighted by molar-refractivity contribution is 7.84.